The Hall–Kier alpha value is -2.65. The first-order chi connectivity index (χ1) is 16.0. The van der Waals surface area contributed by atoms with E-state index in [4.69, 9.17) is 14.5 Å². The van der Waals surface area contributed by atoms with Gasteiger partial charge in [-0.15, -0.1) is 25.6 Å². The zero-order chi connectivity index (χ0) is 25.2. The Labute approximate surface area is 210 Å². The van der Waals surface area contributed by atoms with Gasteiger partial charge in [0.25, 0.3) is 0 Å². The first kappa shape index (κ1) is 28.6. The molecule has 0 fully saturated rings. The molecule has 0 aliphatic heterocycles. The third kappa shape index (κ3) is 6.32. The number of imidazole rings is 1. The molecule has 1 heterocycles. The normalized spacial score (nSPS) is 11.8. The van der Waals surface area contributed by atoms with Gasteiger partial charge in [-0.05, 0) is 69.1 Å². The molecule has 0 aliphatic carbocycles. The summed E-state index contributed by atoms with van der Waals surface area (Å²) in [7, 11) is 7.13. The molecule has 0 spiro atoms. The second-order valence-electron chi connectivity index (χ2n) is 8.64. The number of hydrogen-bond donors (Lipinski definition) is 0. The van der Waals surface area contributed by atoms with Gasteiger partial charge in [-0.25, -0.2) is 0 Å². The number of methoxy groups -OCH3 is 1. The number of aromatic nitrogens is 2. The number of benzene rings is 2. The molecule has 0 atom stereocenters. The van der Waals surface area contributed by atoms with Gasteiger partial charge in [0.05, 0.1) is 12.6 Å². The molecular weight excluding hydrogens is 483 g/mol. The van der Waals surface area contributed by atoms with Crippen LogP contribution >= 0.6 is 12.4 Å². The van der Waals surface area contributed by atoms with Gasteiger partial charge >= 0.3 is 12.4 Å². The van der Waals surface area contributed by atoms with E-state index in [-0.39, 0.29) is 18.2 Å². The van der Waals surface area contributed by atoms with E-state index in [1.54, 1.807) is 14.0 Å². The zero-order valence-corrected chi connectivity index (χ0v) is 21.9. The zero-order valence-electron chi connectivity index (χ0n) is 21.1. The molecule has 1 aromatic heterocycles. The van der Waals surface area contributed by atoms with Gasteiger partial charge in [0.15, 0.2) is 0 Å². The number of rotatable bonds is 9. The quantitative estimate of drug-likeness (QED) is 0.308. The van der Waals surface area contributed by atoms with Crippen LogP contribution in [0.2, 0.25) is 0 Å². The van der Waals surface area contributed by atoms with E-state index in [9.17, 15) is 13.2 Å². The van der Waals surface area contributed by atoms with Crippen LogP contribution in [0.4, 0.5) is 13.2 Å². The molecular formula is C25H33ClF3N3O3. The van der Waals surface area contributed by atoms with Gasteiger partial charge in [-0.3, -0.25) is 4.57 Å². The van der Waals surface area contributed by atoms with Crippen LogP contribution in [0.3, 0.4) is 0 Å². The molecule has 0 amide bonds. The fourth-order valence-corrected chi connectivity index (χ4v) is 4.32. The second-order valence-corrected chi connectivity index (χ2v) is 8.64. The third-order valence-electron chi connectivity index (χ3n) is 5.86. The number of alkyl halides is 3. The van der Waals surface area contributed by atoms with Crippen LogP contribution < -0.4 is 14.2 Å². The summed E-state index contributed by atoms with van der Waals surface area (Å²) < 4.78 is 56.4. The molecule has 10 heteroatoms. The van der Waals surface area contributed by atoms with E-state index in [2.05, 4.69) is 24.7 Å². The smallest absolute Gasteiger partial charge is 0.494 e. The summed E-state index contributed by atoms with van der Waals surface area (Å²) in [6.45, 7) is 6.35. The van der Waals surface area contributed by atoms with E-state index < -0.39 is 6.36 Å². The average molecular weight is 516 g/mol. The van der Waals surface area contributed by atoms with Crippen molar-refractivity contribution in [1.29, 1.82) is 0 Å². The highest BCUT2D eigenvalue weighted by atomic mass is 35.5. The number of ether oxygens (including phenoxy) is 3. The Balaban J connectivity index is 0.00000432. The third-order valence-corrected chi connectivity index (χ3v) is 5.86. The predicted molar refractivity (Wildman–Crippen MR) is 133 cm³/mol. The van der Waals surface area contributed by atoms with Crippen LogP contribution in [0, 0.1) is 6.92 Å². The first-order valence-corrected chi connectivity index (χ1v) is 11.2. The maximum Gasteiger partial charge on any atom is 0.573 e. The van der Waals surface area contributed by atoms with Crippen molar-refractivity contribution in [2.24, 2.45) is 7.05 Å². The summed E-state index contributed by atoms with van der Waals surface area (Å²) in [5.74, 6) is 1.15. The maximum atomic E-state index is 12.8. The lowest BCUT2D eigenvalue weighted by Crippen LogP contribution is -2.18. The van der Waals surface area contributed by atoms with Crippen LogP contribution in [0.25, 0.3) is 11.0 Å². The predicted octanol–water partition coefficient (Wildman–Crippen LogP) is 6.97. The van der Waals surface area contributed by atoms with Crippen LogP contribution in [-0.2, 0) is 13.6 Å². The van der Waals surface area contributed by atoms with Gasteiger partial charge < -0.3 is 19.1 Å². The number of fused-ring (bicyclic) bond motifs is 1. The summed E-state index contributed by atoms with van der Waals surface area (Å²) in [5.41, 5.74) is 3.84. The number of hydrogen-bond acceptors (Lipinski definition) is 5. The largest absolute Gasteiger partial charge is 0.573 e. The van der Waals surface area contributed by atoms with Crippen molar-refractivity contribution in [2.75, 3.05) is 21.2 Å². The molecule has 194 valence electrons. The summed E-state index contributed by atoms with van der Waals surface area (Å²) in [6, 6.07) is 6.99. The van der Waals surface area contributed by atoms with Crippen molar-refractivity contribution in [2.45, 2.75) is 52.4 Å². The van der Waals surface area contributed by atoms with Crippen molar-refractivity contribution >= 4 is 23.4 Å². The average Bonchev–Trinajstić information content (AvgIpc) is 3.06. The van der Waals surface area contributed by atoms with Crippen LogP contribution in [0.15, 0.2) is 24.3 Å². The Bertz CT molecular complexity index is 1160. The Morgan fingerprint density at radius 1 is 1.11 bits per heavy atom. The highest BCUT2D eigenvalue weighted by Gasteiger charge is 2.32. The van der Waals surface area contributed by atoms with E-state index in [0.29, 0.717) is 46.6 Å². The fourth-order valence-electron chi connectivity index (χ4n) is 4.32. The molecule has 0 saturated carbocycles. The molecule has 6 nitrogen and oxygen atoms in total. The number of aryl methyl sites for hydroxylation is 2. The van der Waals surface area contributed by atoms with E-state index >= 15 is 0 Å². The standard InChI is InChI=1S/C25H32F3N3O3.ClH/c1-8-16(9-2)19-10-11-20(32-7)21-22(19)31(6)24(29-21)33-23-15(3)12-18(34-25(26,27)28)13-17(23)14-30(4)5;/h10-13,16H,8-9,14H2,1-7H3;1H. The molecule has 0 bridgehead atoms. The summed E-state index contributed by atoms with van der Waals surface area (Å²) in [5, 5.41) is 0. The molecule has 2 aromatic carbocycles. The number of halogens is 4. The van der Waals surface area contributed by atoms with Gasteiger partial charge in [0.1, 0.15) is 22.8 Å². The minimum Gasteiger partial charge on any atom is -0.494 e. The van der Waals surface area contributed by atoms with Gasteiger partial charge in [0, 0.05) is 19.2 Å². The molecule has 0 aliphatic rings. The lowest BCUT2D eigenvalue weighted by Gasteiger charge is -2.19. The van der Waals surface area contributed by atoms with Crippen molar-refractivity contribution in [3.8, 4) is 23.3 Å². The van der Waals surface area contributed by atoms with E-state index in [0.717, 1.165) is 23.9 Å². The highest BCUT2D eigenvalue weighted by molar-refractivity contribution is 5.87. The Morgan fingerprint density at radius 3 is 2.31 bits per heavy atom. The maximum absolute atomic E-state index is 12.8. The van der Waals surface area contributed by atoms with Gasteiger partial charge in [-0.2, -0.15) is 4.98 Å². The number of nitrogens with zero attached hydrogens (tertiary/aromatic N) is 3. The monoisotopic (exact) mass is 515 g/mol. The lowest BCUT2D eigenvalue weighted by atomic mass is 9.92. The minimum atomic E-state index is -4.77. The molecule has 0 unspecified atom stereocenters. The topological polar surface area (TPSA) is 48.8 Å². The molecule has 0 radical (unpaired) electrons. The molecule has 0 saturated heterocycles. The Kier molecular flexibility index (Phi) is 9.30. The summed E-state index contributed by atoms with van der Waals surface area (Å²) in [6.07, 6.45) is -2.82. The SMILES string of the molecule is CCC(CC)c1ccc(OC)c2nc(Oc3c(C)cc(OC(F)(F)F)cc3CN(C)C)n(C)c12.Cl. The van der Waals surface area contributed by atoms with Crippen LogP contribution in [0.1, 0.15) is 49.3 Å². The molecule has 3 rings (SSSR count). The van der Waals surface area contributed by atoms with Crippen LogP contribution in [-0.4, -0.2) is 42.0 Å². The first-order valence-electron chi connectivity index (χ1n) is 11.2. The van der Waals surface area contributed by atoms with Gasteiger partial charge in [0.2, 0.25) is 0 Å². The lowest BCUT2D eigenvalue weighted by molar-refractivity contribution is -0.274. The van der Waals surface area contributed by atoms with Crippen molar-refractivity contribution in [3.05, 3.63) is 41.0 Å². The van der Waals surface area contributed by atoms with E-state index in [1.165, 1.54) is 12.1 Å². The minimum absolute atomic E-state index is 0. The summed E-state index contributed by atoms with van der Waals surface area (Å²) >= 11 is 0. The highest BCUT2D eigenvalue weighted by Crippen LogP contribution is 2.40. The van der Waals surface area contributed by atoms with Crippen molar-refractivity contribution < 1.29 is 27.4 Å². The molecule has 35 heavy (non-hydrogen) atoms. The van der Waals surface area contributed by atoms with Crippen molar-refractivity contribution in [3.63, 3.8) is 0 Å². The van der Waals surface area contributed by atoms with E-state index in [1.807, 2.05) is 36.7 Å². The van der Waals surface area contributed by atoms with Gasteiger partial charge in [-0.1, -0.05) is 19.9 Å². The Morgan fingerprint density at radius 2 is 1.77 bits per heavy atom. The van der Waals surface area contributed by atoms with Crippen LogP contribution in [0.5, 0.6) is 23.3 Å². The fraction of sp³-hybridized carbons (Fsp3) is 0.480. The molecule has 3 aromatic rings. The second kappa shape index (κ2) is 11.4. The summed E-state index contributed by atoms with van der Waals surface area (Å²) in [4.78, 5) is 6.57. The molecule has 0 N–H and O–H groups in total. The van der Waals surface area contributed by atoms with Crippen molar-refractivity contribution in [1.82, 2.24) is 14.5 Å².